The van der Waals surface area contributed by atoms with E-state index in [-0.39, 0.29) is 38.3 Å². The standard InChI is InChI=1S/C20H19ClF3IN5O3P.CH4/c1-12(21)17(8-26-30(11-31)34-25)28-7-6-16-15(10-28)27-18(19(32)33)29(16)9-13-4-2-3-5-14(13)20(22,23)24;/h2-5,8,11,34H,6-7,9-10H2,1H3,(H,32,33);1H4/b17-12-,26-8-;. The van der Waals surface area contributed by atoms with E-state index in [1.54, 1.807) is 6.92 Å². The van der Waals surface area contributed by atoms with Gasteiger partial charge in [-0.3, -0.25) is 4.79 Å². The first-order chi connectivity index (χ1) is 16.1. The molecule has 0 spiro atoms. The minimum Gasteiger partial charge on any atom is -0.475 e. The van der Waals surface area contributed by atoms with Gasteiger partial charge in [-0.05, 0) is 40.6 Å². The summed E-state index contributed by atoms with van der Waals surface area (Å²) in [5, 5.41) is 14.2. The van der Waals surface area contributed by atoms with Crippen molar-refractivity contribution in [1.29, 1.82) is 0 Å². The van der Waals surface area contributed by atoms with E-state index in [1.165, 1.54) is 33.8 Å². The van der Waals surface area contributed by atoms with Crippen molar-refractivity contribution >= 4 is 58.6 Å². The maximum absolute atomic E-state index is 13.5. The lowest BCUT2D eigenvalue weighted by Crippen LogP contribution is -2.32. The lowest BCUT2D eigenvalue weighted by Gasteiger charge is -2.30. The van der Waals surface area contributed by atoms with Gasteiger partial charge in [0, 0.05) is 23.7 Å². The monoisotopic (exact) mass is 643 g/mol. The molecule has 0 bridgehead atoms. The summed E-state index contributed by atoms with van der Waals surface area (Å²) in [5.41, 5.74) is 0.652. The molecule has 0 fully saturated rings. The minimum absolute atomic E-state index is 0. The molecule has 190 valence electrons. The van der Waals surface area contributed by atoms with Crippen LogP contribution in [0.15, 0.2) is 40.1 Å². The molecule has 3 rings (SSSR count). The highest BCUT2D eigenvalue weighted by Gasteiger charge is 2.34. The van der Waals surface area contributed by atoms with E-state index in [0.29, 0.717) is 41.5 Å². The van der Waals surface area contributed by atoms with E-state index in [9.17, 15) is 27.9 Å². The molecule has 1 aliphatic rings. The summed E-state index contributed by atoms with van der Waals surface area (Å²) in [6.45, 7) is 1.97. The maximum Gasteiger partial charge on any atom is 0.416 e. The molecule has 0 saturated heterocycles. The van der Waals surface area contributed by atoms with Crippen molar-refractivity contribution in [3.63, 3.8) is 0 Å². The number of carboxylic acid groups (broad SMARTS) is 1. The Bertz CT molecular complexity index is 1150. The molecule has 2 aromatic rings. The van der Waals surface area contributed by atoms with Crippen LogP contribution in [0.3, 0.4) is 0 Å². The number of amides is 1. The van der Waals surface area contributed by atoms with Crippen LogP contribution in [-0.4, -0.2) is 49.5 Å². The van der Waals surface area contributed by atoms with Crippen molar-refractivity contribution in [2.75, 3.05) is 6.54 Å². The van der Waals surface area contributed by atoms with E-state index in [2.05, 4.69) is 10.1 Å². The van der Waals surface area contributed by atoms with Gasteiger partial charge in [0.2, 0.25) is 12.2 Å². The van der Waals surface area contributed by atoms with Crippen LogP contribution < -0.4 is 0 Å². The number of benzene rings is 1. The molecule has 35 heavy (non-hydrogen) atoms. The Hall–Kier alpha value is -2.18. The van der Waals surface area contributed by atoms with Crippen LogP contribution in [0.5, 0.6) is 0 Å². The number of rotatable bonds is 8. The predicted molar refractivity (Wildman–Crippen MR) is 138 cm³/mol. The molecule has 1 amide bonds. The van der Waals surface area contributed by atoms with Crippen LogP contribution >= 0.6 is 40.0 Å². The summed E-state index contributed by atoms with van der Waals surface area (Å²) in [4.78, 5) is 28.9. The van der Waals surface area contributed by atoms with Gasteiger partial charge >= 0.3 is 12.1 Å². The Morgan fingerprint density at radius 2 is 2.09 bits per heavy atom. The van der Waals surface area contributed by atoms with Gasteiger partial charge in [-0.2, -0.15) is 18.3 Å². The summed E-state index contributed by atoms with van der Waals surface area (Å²) in [7, 11) is 0. The van der Waals surface area contributed by atoms with Gasteiger partial charge in [0.05, 0.1) is 42.6 Å². The average molecular weight is 644 g/mol. The number of carboxylic acids is 1. The third-order valence-electron chi connectivity index (χ3n) is 5.14. The SMILES string of the molecule is C.C/C(Cl)=C(\C=N/N(C=O)PI)N1CCc2c(nc(C(=O)O)n2Cc2ccccc2C(F)(F)F)C1. The zero-order chi connectivity index (χ0) is 25.0. The largest absolute Gasteiger partial charge is 0.475 e. The third kappa shape index (κ3) is 6.73. The summed E-state index contributed by atoms with van der Waals surface area (Å²) < 4.78 is 42.9. The Balaban J connectivity index is 0.00000432. The number of aromatic nitrogens is 2. The first-order valence-electron chi connectivity index (χ1n) is 9.79. The molecule has 2 heterocycles. The highest BCUT2D eigenvalue weighted by Crippen LogP contribution is 2.33. The van der Waals surface area contributed by atoms with Crippen LogP contribution in [0, 0.1) is 0 Å². The molecule has 1 aliphatic heterocycles. The Labute approximate surface area is 220 Å². The lowest BCUT2D eigenvalue weighted by molar-refractivity contribution is -0.138. The molecule has 1 unspecified atom stereocenters. The van der Waals surface area contributed by atoms with Gasteiger partial charge in [0.1, 0.15) is 0 Å². The molecule has 1 atom stereocenters. The second-order valence-electron chi connectivity index (χ2n) is 7.24. The average Bonchev–Trinajstić information content (AvgIpc) is 3.14. The molecule has 1 N–H and O–H groups in total. The number of carbonyl (C=O) groups is 2. The first-order valence-corrected chi connectivity index (χ1v) is 14.2. The van der Waals surface area contributed by atoms with Crippen molar-refractivity contribution in [3.8, 4) is 0 Å². The van der Waals surface area contributed by atoms with Crippen molar-refractivity contribution in [3.05, 3.63) is 63.3 Å². The second kappa shape index (κ2) is 12.2. The van der Waals surface area contributed by atoms with E-state index in [4.69, 9.17) is 11.6 Å². The van der Waals surface area contributed by atoms with E-state index < -0.39 is 17.7 Å². The lowest BCUT2D eigenvalue weighted by atomic mass is 10.1. The van der Waals surface area contributed by atoms with Crippen LogP contribution in [0.1, 0.15) is 47.5 Å². The number of carbonyl (C=O) groups excluding carboxylic acids is 1. The van der Waals surface area contributed by atoms with E-state index in [0.717, 1.165) is 6.07 Å². The van der Waals surface area contributed by atoms with Crippen LogP contribution in [0.25, 0.3) is 0 Å². The van der Waals surface area contributed by atoms with Gasteiger partial charge in [-0.25, -0.2) is 14.6 Å². The maximum atomic E-state index is 13.5. The van der Waals surface area contributed by atoms with Crippen molar-refractivity contribution in [1.82, 2.24) is 19.2 Å². The van der Waals surface area contributed by atoms with Gasteiger partial charge in [-0.15, -0.1) is 0 Å². The molecular weight excluding hydrogens is 621 g/mol. The van der Waals surface area contributed by atoms with Gasteiger partial charge in [0.25, 0.3) is 0 Å². The second-order valence-corrected chi connectivity index (χ2v) is 9.89. The molecule has 0 saturated carbocycles. The topological polar surface area (TPSA) is 91.0 Å². The highest BCUT2D eigenvalue weighted by atomic mass is 127. The fourth-order valence-electron chi connectivity index (χ4n) is 3.66. The molecule has 0 radical (unpaired) electrons. The predicted octanol–water partition coefficient (Wildman–Crippen LogP) is 5.50. The summed E-state index contributed by atoms with van der Waals surface area (Å²) >= 11 is 8.25. The Morgan fingerprint density at radius 3 is 2.66 bits per heavy atom. The zero-order valence-electron chi connectivity index (χ0n) is 17.7. The number of alkyl halides is 3. The van der Waals surface area contributed by atoms with Crippen molar-refractivity contribution in [2.24, 2.45) is 5.10 Å². The number of aromatic carboxylic acids is 1. The number of imidazole rings is 1. The van der Waals surface area contributed by atoms with Gasteiger partial charge in [0.15, 0.2) is 0 Å². The highest BCUT2D eigenvalue weighted by molar-refractivity contribution is 14.2. The number of hydrazone groups is 1. The molecule has 1 aromatic heterocycles. The van der Waals surface area contributed by atoms with Crippen LogP contribution in [0.2, 0.25) is 0 Å². The Morgan fingerprint density at radius 1 is 1.40 bits per heavy atom. The first kappa shape index (κ1) is 29.1. The molecular formula is C21H23ClF3IN5O3P. The fourth-order valence-corrected chi connectivity index (χ4v) is 4.69. The number of hydrogen-bond donors (Lipinski definition) is 1. The van der Waals surface area contributed by atoms with Crippen LogP contribution in [-0.2, 0) is 30.5 Å². The Kier molecular flexibility index (Phi) is 10.1. The van der Waals surface area contributed by atoms with E-state index in [1.807, 2.05) is 26.9 Å². The summed E-state index contributed by atoms with van der Waals surface area (Å²) in [5.74, 6) is -1.66. The normalized spacial score (nSPS) is 14.6. The fraction of sp³-hybridized carbons (Fsp3) is 0.333. The quantitative estimate of drug-likeness (QED) is 0.135. The summed E-state index contributed by atoms with van der Waals surface area (Å²) in [6.07, 6.45) is -2.12. The van der Waals surface area contributed by atoms with Gasteiger partial charge < -0.3 is 14.6 Å². The van der Waals surface area contributed by atoms with E-state index >= 15 is 0 Å². The zero-order valence-corrected chi connectivity index (χ0v) is 21.6. The van der Waals surface area contributed by atoms with Crippen molar-refractivity contribution in [2.45, 2.75) is 40.0 Å². The number of allylic oxidation sites excluding steroid dienone is 2. The molecule has 8 nitrogen and oxygen atoms in total. The molecule has 0 aliphatic carbocycles. The summed E-state index contributed by atoms with van der Waals surface area (Å²) in [6, 6.07) is 5.07. The number of fused-ring (bicyclic) bond motifs is 1. The van der Waals surface area contributed by atoms with Crippen molar-refractivity contribution < 1.29 is 27.9 Å². The number of hydrogen-bond acceptors (Lipinski definition) is 5. The number of halogens is 5. The minimum atomic E-state index is -4.57. The number of nitrogens with zero attached hydrogens (tertiary/aromatic N) is 5. The molecule has 14 heteroatoms. The third-order valence-corrected chi connectivity index (χ3v) is 7.21. The van der Waals surface area contributed by atoms with Crippen LogP contribution in [0.4, 0.5) is 13.2 Å². The smallest absolute Gasteiger partial charge is 0.416 e. The molecule has 1 aromatic carbocycles. The van der Waals surface area contributed by atoms with Gasteiger partial charge in [-0.1, -0.05) is 37.2 Å².